The van der Waals surface area contributed by atoms with Gasteiger partial charge in [0.1, 0.15) is 22.2 Å². The molecule has 3 aromatic rings. The lowest BCUT2D eigenvalue weighted by atomic mass is 10.2. The Morgan fingerprint density at radius 1 is 1.21 bits per heavy atom. The van der Waals surface area contributed by atoms with Gasteiger partial charge in [0.15, 0.2) is 0 Å². The van der Waals surface area contributed by atoms with Crippen LogP contribution in [-0.4, -0.2) is 15.9 Å². The molecule has 1 N–H and O–H groups in total. The first kappa shape index (κ1) is 16.1. The summed E-state index contributed by atoms with van der Waals surface area (Å²) in [5.74, 6) is 0.525. The van der Waals surface area contributed by atoms with Gasteiger partial charge in [-0.1, -0.05) is 17.7 Å². The molecule has 0 unspecified atom stereocenters. The SMILES string of the molecule is Cc1ccc(NC(=O)c2sc(COc3cccnc3)nc2C)cc1. The fourth-order valence-corrected chi connectivity index (χ4v) is 3.00. The maximum absolute atomic E-state index is 12.4. The highest BCUT2D eigenvalue weighted by Crippen LogP contribution is 2.21. The number of thiazole rings is 1. The van der Waals surface area contributed by atoms with Crippen LogP contribution in [0.15, 0.2) is 48.8 Å². The van der Waals surface area contributed by atoms with Crippen LogP contribution in [0.1, 0.15) is 25.9 Å². The van der Waals surface area contributed by atoms with Crippen LogP contribution < -0.4 is 10.1 Å². The number of carbonyl (C=O) groups excluding carboxylic acids is 1. The molecule has 2 heterocycles. The molecule has 5 nitrogen and oxygen atoms in total. The van der Waals surface area contributed by atoms with Gasteiger partial charge in [0, 0.05) is 11.9 Å². The Morgan fingerprint density at radius 3 is 2.71 bits per heavy atom. The van der Waals surface area contributed by atoms with Gasteiger partial charge in [-0.3, -0.25) is 9.78 Å². The molecular weight excluding hydrogens is 322 g/mol. The van der Waals surface area contributed by atoms with Crippen molar-refractivity contribution in [3.8, 4) is 5.75 Å². The molecule has 0 atom stereocenters. The van der Waals surface area contributed by atoms with Crippen molar-refractivity contribution in [3.63, 3.8) is 0 Å². The van der Waals surface area contributed by atoms with E-state index in [4.69, 9.17) is 4.74 Å². The first-order chi connectivity index (χ1) is 11.6. The second kappa shape index (κ2) is 7.23. The summed E-state index contributed by atoms with van der Waals surface area (Å²) >= 11 is 1.34. The minimum Gasteiger partial charge on any atom is -0.485 e. The van der Waals surface area contributed by atoms with Crippen LogP contribution in [0.3, 0.4) is 0 Å². The van der Waals surface area contributed by atoms with Gasteiger partial charge in [-0.2, -0.15) is 0 Å². The van der Waals surface area contributed by atoms with E-state index >= 15 is 0 Å². The lowest BCUT2D eigenvalue weighted by Crippen LogP contribution is -2.11. The van der Waals surface area contributed by atoms with Gasteiger partial charge in [-0.15, -0.1) is 11.3 Å². The zero-order valence-electron chi connectivity index (χ0n) is 13.4. The lowest BCUT2D eigenvalue weighted by molar-refractivity contribution is 0.103. The van der Waals surface area contributed by atoms with Crippen LogP contribution in [0.2, 0.25) is 0 Å². The molecule has 3 rings (SSSR count). The number of aromatic nitrogens is 2. The van der Waals surface area contributed by atoms with Crippen molar-refractivity contribution in [2.24, 2.45) is 0 Å². The molecule has 6 heteroatoms. The van der Waals surface area contributed by atoms with E-state index < -0.39 is 0 Å². The van der Waals surface area contributed by atoms with Gasteiger partial charge in [0.2, 0.25) is 0 Å². The Hall–Kier alpha value is -2.73. The maximum Gasteiger partial charge on any atom is 0.267 e. The minimum absolute atomic E-state index is 0.151. The number of hydrogen-bond acceptors (Lipinski definition) is 5. The summed E-state index contributed by atoms with van der Waals surface area (Å²) in [5.41, 5.74) is 2.62. The molecule has 0 bridgehead atoms. The second-order valence-electron chi connectivity index (χ2n) is 5.32. The van der Waals surface area contributed by atoms with Gasteiger partial charge in [0.05, 0.1) is 11.9 Å². The first-order valence-electron chi connectivity index (χ1n) is 7.49. The van der Waals surface area contributed by atoms with E-state index in [0.29, 0.717) is 22.9 Å². The van der Waals surface area contributed by atoms with Gasteiger partial charge >= 0.3 is 0 Å². The molecule has 0 saturated carbocycles. The summed E-state index contributed by atoms with van der Waals surface area (Å²) in [6.07, 6.45) is 3.33. The monoisotopic (exact) mass is 339 g/mol. The predicted octanol–water partition coefficient (Wildman–Crippen LogP) is 3.99. The lowest BCUT2D eigenvalue weighted by Gasteiger charge is -2.04. The average Bonchev–Trinajstić information content (AvgIpc) is 2.97. The molecule has 0 fully saturated rings. The maximum atomic E-state index is 12.4. The summed E-state index contributed by atoms with van der Waals surface area (Å²) < 4.78 is 5.63. The number of aryl methyl sites for hydroxylation is 2. The summed E-state index contributed by atoms with van der Waals surface area (Å²) in [6.45, 7) is 4.15. The van der Waals surface area contributed by atoms with Crippen LogP contribution in [0.5, 0.6) is 5.75 Å². The standard InChI is InChI=1S/C18H17N3O2S/c1-12-5-7-14(8-6-12)21-18(22)17-13(2)20-16(24-17)11-23-15-4-3-9-19-10-15/h3-10H,11H2,1-2H3,(H,21,22). The summed E-state index contributed by atoms with van der Waals surface area (Å²) in [4.78, 5) is 21.4. The fourth-order valence-electron chi connectivity index (χ4n) is 2.13. The highest BCUT2D eigenvalue weighted by molar-refractivity contribution is 7.13. The summed E-state index contributed by atoms with van der Waals surface area (Å²) in [5, 5.41) is 3.65. The molecule has 24 heavy (non-hydrogen) atoms. The quantitative estimate of drug-likeness (QED) is 0.763. The molecule has 0 aliphatic carbocycles. The molecule has 0 radical (unpaired) electrons. The van der Waals surface area contributed by atoms with E-state index in [0.717, 1.165) is 16.3 Å². The molecule has 1 amide bonds. The van der Waals surface area contributed by atoms with E-state index in [1.807, 2.05) is 50.2 Å². The molecule has 0 aliphatic heterocycles. The third-order valence-electron chi connectivity index (χ3n) is 3.35. The Kier molecular flexibility index (Phi) is 4.86. The number of rotatable bonds is 5. The molecule has 0 saturated heterocycles. The number of carbonyl (C=O) groups is 1. The zero-order valence-corrected chi connectivity index (χ0v) is 14.3. The number of amides is 1. The first-order valence-corrected chi connectivity index (χ1v) is 8.30. The van der Waals surface area contributed by atoms with Crippen molar-refractivity contribution >= 4 is 22.9 Å². The van der Waals surface area contributed by atoms with Crippen LogP contribution in [0, 0.1) is 13.8 Å². The number of ether oxygens (including phenoxy) is 1. The summed E-state index contributed by atoms with van der Waals surface area (Å²) in [6, 6.07) is 11.3. The van der Waals surface area contributed by atoms with Crippen molar-refractivity contribution in [1.82, 2.24) is 9.97 Å². The van der Waals surface area contributed by atoms with Crippen molar-refractivity contribution in [2.45, 2.75) is 20.5 Å². The van der Waals surface area contributed by atoms with Crippen LogP contribution in [0.25, 0.3) is 0 Å². The van der Waals surface area contributed by atoms with Crippen LogP contribution in [-0.2, 0) is 6.61 Å². The number of benzene rings is 1. The molecular formula is C18H17N3O2S. The number of anilines is 1. The Morgan fingerprint density at radius 2 is 2.00 bits per heavy atom. The van der Waals surface area contributed by atoms with E-state index in [-0.39, 0.29) is 5.91 Å². The van der Waals surface area contributed by atoms with Crippen molar-refractivity contribution in [2.75, 3.05) is 5.32 Å². The molecule has 2 aromatic heterocycles. The Bertz CT molecular complexity index is 829. The van der Waals surface area contributed by atoms with E-state index in [9.17, 15) is 4.79 Å². The third-order valence-corrected chi connectivity index (χ3v) is 4.48. The van der Waals surface area contributed by atoms with E-state index in [2.05, 4.69) is 15.3 Å². The number of hydrogen-bond donors (Lipinski definition) is 1. The Labute approximate surface area is 144 Å². The van der Waals surface area contributed by atoms with Crippen LogP contribution >= 0.6 is 11.3 Å². The zero-order chi connectivity index (χ0) is 16.9. The highest BCUT2D eigenvalue weighted by Gasteiger charge is 2.15. The predicted molar refractivity (Wildman–Crippen MR) is 94.6 cm³/mol. The average molecular weight is 339 g/mol. The molecule has 0 aliphatic rings. The van der Waals surface area contributed by atoms with Crippen LogP contribution in [0.4, 0.5) is 5.69 Å². The van der Waals surface area contributed by atoms with Crippen molar-refractivity contribution < 1.29 is 9.53 Å². The fraction of sp³-hybridized carbons (Fsp3) is 0.167. The second-order valence-corrected chi connectivity index (χ2v) is 6.40. The topological polar surface area (TPSA) is 64.1 Å². The summed E-state index contributed by atoms with van der Waals surface area (Å²) in [7, 11) is 0. The van der Waals surface area contributed by atoms with Gasteiger partial charge in [-0.25, -0.2) is 4.98 Å². The van der Waals surface area contributed by atoms with Crippen molar-refractivity contribution in [3.05, 3.63) is 69.9 Å². The molecule has 122 valence electrons. The number of nitrogens with zero attached hydrogens (tertiary/aromatic N) is 2. The molecule has 0 spiro atoms. The van der Waals surface area contributed by atoms with E-state index in [1.165, 1.54) is 11.3 Å². The minimum atomic E-state index is -0.151. The largest absolute Gasteiger partial charge is 0.485 e. The van der Waals surface area contributed by atoms with Gasteiger partial charge in [-0.05, 0) is 38.1 Å². The Balaban J connectivity index is 1.66. The van der Waals surface area contributed by atoms with Crippen molar-refractivity contribution in [1.29, 1.82) is 0 Å². The van der Waals surface area contributed by atoms with E-state index in [1.54, 1.807) is 12.4 Å². The smallest absolute Gasteiger partial charge is 0.267 e. The molecule has 1 aromatic carbocycles. The number of nitrogens with one attached hydrogen (secondary N) is 1. The third kappa shape index (κ3) is 3.97. The van der Waals surface area contributed by atoms with Gasteiger partial charge in [0.25, 0.3) is 5.91 Å². The van der Waals surface area contributed by atoms with Gasteiger partial charge < -0.3 is 10.1 Å². The normalized spacial score (nSPS) is 10.4. The number of pyridine rings is 1. The highest BCUT2D eigenvalue weighted by atomic mass is 32.1.